The van der Waals surface area contributed by atoms with Crippen LogP contribution in [-0.4, -0.2) is 10.1 Å². The van der Waals surface area contributed by atoms with Crippen LogP contribution in [0.2, 0.25) is 0 Å². The number of nitrogens with two attached hydrogens (primary N) is 1. The van der Waals surface area contributed by atoms with Crippen molar-refractivity contribution in [1.82, 2.24) is 4.98 Å². The lowest BCUT2D eigenvalue weighted by Crippen LogP contribution is -1.98. The quantitative estimate of drug-likeness (QED) is 0.564. The largest absolute Gasteiger partial charge is 0.506 e. The third kappa shape index (κ3) is 1.17. The summed E-state index contributed by atoms with van der Waals surface area (Å²) in [4.78, 5) is 3.82. The van der Waals surface area contributed by atoms with E-state index in [-0.39, 0.29) is 12.3 Å². The first kappa shape index (κ1) is 6.04. The molecule has 0 saturated carbocycles. The zero-order valence-corrected chi connectivity index (χ0v) is 4.91. The SMILES string of the molecule is NCc1ncccc1O. The van der Waals surface area contributed by atoms with Crippen molar-refractivity contribution in [3.05, 3.63) is 24.0 Å². The van der Waals surface area contributed by atoms with E-state index in [2.05, 4.69) is 4.98 Å². The maximum Gasteiger partial charge on any atom is 0.138 e. The number of pyridine rings is 1. The highest BCUT2D eigenvalue weighted by Crippen LogP contribution is 2.10. The number of nitrogens with zero attached hydrogens (tertiary/aromatic N) is 1. The summed E-state index contributed by atoms with van der Waals surface area (Å²) in [5.41, 5.74) is 5.77. The van der Waals surface area contributed by atoms with Gasteiger partial charge in [-0.3, -0.25) is 4.98 Å². The normalized spacial score (nSPS) is 9.44. The van der Waals surface area contributed by atoms with Crippen LogP contribution in [0.15, 0.2) is 18.3 Å². The number of hydrogen-bond donors (Lipinski definition) is 2. The molecule has 1 aromatic heterocycles. The Morgan fingerprint density at radius 1 is 1.67 bits per heavy atom. The summed E-state index contributed by atoms with van der Waals surface area (Å²) in [5.74, 6) is 0.167. The molecule has 0 aromatic carbocycles. The van der Waals surface area contributed by atoms with Crippen molar-refractivity contribution in [2.75, 3.05) is 0 Å². The molecule has 3 heteroatoms. The standard InChI is InChI=1S/C6H8N2O/c7-4-5-6(9)2-1-3-8-5/h1-3,9H,4,7H2. The van der Waals surface area contributed by atoms with Gasteiger partial charge in [0, 0.05) is 12.7 Å². The molecule has 0 aliphatic heterocycles. The summed E-state index contributed by atoms with van der Waals surface area (Å²) >= 11 is 0. The molecule has 3 N–H and O–H groups in total. The van der Waals surface area contributed by atoms with Gasteiger partial charge in [-0.25, -0.2) is 0 Å². The minimum atomic E-state index is 0.167. The average Bonchev–Trinajstić information content (AvgIpc) is 1.89. The fraction of sp³-hybridized carbons (Fsp3) is 0.167. The van der Waals surface area contributed by atoms with E-state index >= 15 is 0 Å². The van der Waals surface area contributed by atoms with Crippen molar-refractivity contribution in [2.45, 2.75) is 6.54 Å². The Bertz CT molecular complexity index is 200. The molecular weight excluding hydrogens is 116 g/mol. The Morgan fingerprint density at radius 2 is 2.44 bits per heavy atom. The third-order valence-electron chi connectivity index (χ3n) is 1.06. The minimum Gasteiger partial charge on any atom is -0.506 e. The number of aromatic hydroxyl groups is 1. The van der Waals surface area contributed by atoms with Crippen LogP contribution >= 0.6 is 0 Å². The second-order valence-electron chi connectivity index (χ2n) is 1.67. The summed E-state index contributed by atoms with van der Waals surface area (Å²) in [6, 6.07) is 3.23. The molecular formula is C6H8N2O. The van der Waals surface area contributed by atoms with Crippen molar-refractivity contribution in [3.8, 4) is 5.75 Å². The van der Waals surface area contributed by atoms with Crippen LogP contribution in [0.1, 0.15) is 5.69 Å². The maximum absolute atomic E-state index is 8.97. The molecule has 0 radical (unpaired) electrons. The van der Waals surface area contributed by atoms with Gasteiger partial charge in [-0.2, -0.15) is 0 Å². The molecule has 0 saturated heterocycles. The van der Waals surface area contributed by atoms with Crippen LogP contribution in [0.3, 0.4) is 0 Å². The summed E-state index contributed by atoms with van der Waals surface area (Å²) in [7, 11) is 0. The van der Waals surface area contributed by atoms with E-state index in [0.29, 0.717) is 5.69 Å². The Balaban J connectivity index is 3.01. The molecule has 0 aliphatic rings. The average molecular weight is 124 g/mol. The van der Waals surface area contributed by atoms with Crippen molar-refractivity contribution in [3.63, 3.8) is 0 Å². The Hall–Kier alpha value is -1.09. The Labute approximate surface area is 53.2 Å². The topological polar surface area (TPSA) is 59.1 Å². The second-order valence-corrected chi connectivity index (χ2v) is 1.67. The first-order chi connectivity index (χ1) is 4.34. The molecule has 0 atom stereocenters. The van der Waals surface area contributed by atoms with Gasteiger partial charge in [0.05, 0.1) is 5.69 Å². The number of rotatable bonds is 1. The summed E-state index contributed by atoms with van der Waals surface area (Å²) in [5, 5.41) is 8.97. The van der Waals surface area contributed by atoms with E-state index in [1.165, 1.54) is 0 Å². The third-order valence-corrected chi connectivity index (χ3v) is 1.06. The molecule has 0 amide bonds. The first-order valence-electron chi connectivity index (χ1n) is 2.67. The van der Waals surface area contributed by atoms with Crippen molar-refractivity contribution < 1.29 is 5.11 Å². The molecule has 0 fully saturated rings. The second kappa shape index (κ2) is 2.46. The fourth-order valence-electron chi connectivity index (χ4n) is 0.587. The van der Waals surface area contributed by atoms with E-state index in [9.17, 15) is 0 Å². The molecule has 3 nitrogen and oxygen atoms in total. The highest BCUT2D eigenvalue weighted by Gasteiger charge is 1.94. The van der Waals surface area contributed by atoms with Gasteiger partial charge in [0.15, 0.2) is 0 Å². The minimum absolute atomic E-state index is 0.167. The first-order valence-corrected chi connectivity index (χ1v) is 2.67. The monoisotopic (exact) mass is 124 g/mol. The van der Waals surface area contributed by atoms with Gasteiger partial charge in [-0.1, -0.05) is 0 Å². The van der Waals surface area contributed by atoms with E-state index in [0.717, 1.165) is 0 Å². The van der Waals surface area contributed by atoms with Gasteiger partial charge in [-0.15, -0.1) is 0 Å². The predicted octanol–water partition coefficient (Wildman–Crippen LogP) is 0.246. The molecule has 0 unspecified atom stereocenters. The lowest BCUT2D eigenvalue weighted by atomic mass is 10.3. The van der Waals surface area contributed by atoms with Crippen LogP contribution in [0.4, 0.5) is 0 Å². The maximum atomic E-state index is 8.97. The van der Waals surface area contributed by atoms with Crippen molar-refractivity contribution in [2.24, 2.45) is 5.73 Å². The van der Waals surface area contributed by atoms with E-state index in [1.54, 1.807) is 18.3 Å². The van der Waals surface area contributed by atoms with Crippen LogP contribution in [0.25, 0.3) is 0 Å². The predicted molar refractivity (Wildman–Crippen MR) is 33.8 cm³/mol. The van der Waals surface area contributed by atoms with Gasteiger partial charge < -0.3 is 10.8 Å². The molecule has 0 spiro atoms. The van der Waals surface area contributed by atoms with E-state index in [1.807, 2.05) is 0 Å². The Kier molecular flexibility index (Phi) is 1.65. The molecule has 1 aromatic rings. The molecule has 0 aliphatic carbocycles. The summed E-state index contributed by atoms with van der Waals surface area (Å²) in [6.45, 7) is 0.284. The molecule has 1 heterocycles. The molecule has 1 rings (SSSR count). The van der Waals surface area contributed by atoms with Gasteiger partial charge in [-0.05, 0) is 12.1 Å². The van der Waals surface area contributed by atoms with Gasteiger partial charge in [0.1, 0.15) is 5.75 Å². The molecule has 0 bridgehead atoms. The molecule has 9 heavy (non-hydrogen) atoms. The highest BCUT2D eigenvalue weighted by molar-refractivity contribution is 5.24. The Morgan fingerprint density at radius 3 is 2.89 bits per heavy atom. The van der Waals surface area contributed by atoms with Crippen LogP contribution in [-0.2, 0) is 6.54 Å². The lowest BCUT2D eigenvalue weighted by molar-refractivity contribution is 0.464. The van der Waals surface area contributed by atoms with Crippen molar-refractivity contribution >= 4 is 0 Å². The zero-order valence-electron chi connectivity index (χ0n) is 4.91. The van der Waals surface area contributed by atoms with Crippen molar-refractivity contribution in [1.29, 1.82) is 0 Å². The number of hydrogen-bond acceptors (Lipinski definition) is 3. The van der Waals surface area contributed by atoms with Gasteiger partial charge >= 0.3 is 0 Å². The fourth-order valence-corrected chi connectivity index (χ4v) is 0.587. The van der Waals surface area contributed by atoms with Gasteiger partial charge in [0.2, 0.25) is 0 Å². The smallest absolute Gasteiger partial charge is 0.138 e. The van der Waals surface area contributed by atoms with Crippen LogP contribution in [0.5, 0.6) is 5.75 Å². The zero-order chi connectivity index (χ0) is 6.69. The van der Waals surface area contributed by atoms with Crippen LogP contribution in [0, 0.1) is 0 Å². The van der Waals surface area contributed by atoms with E-state index in [4.69, 9.17) is 10.8 Å². The van der Waals surface area contributed by atoms with Crippen LogP contribution < -0.4 is 5.73 Å². The lowest BCUT2D eigenvalue weighted by Gasteiger charge is -1.95. The highest BCUT2D eigenvalue weighted by atomic mass is 16.3. The summed E-state index contributed by atoms with van der Waals surface area (Å²) in [6.07, 6.45) is 1.60. The molecule has 48 valence electrons. The number of aromatic nitrogens is 1. The summed E-state index contributed by atoms with van der Waals surface area (Å²) < 4.78 is 0. The van der Waals surface area contributed by atoms with E-state index < -0.39 is 0 Å². The van der Waals surface area contributed by atoms with Gasteiger partial charge in [0.25, 0.3) is 0 Å².